The molecule has 0 fully saturated rings. The molecule has 4 heteroatoms. The molecule has 0 aliphatic carbocycles. The number of hydrogen-bond acceptors (Lipinski definition) is 2. The van der Waals surface area contributed by atoms with Gasteiger partial charge in [0.2, 0.25) is 0 Å². The Morgan fingerprint density at radius 3 is 2.68 bits per heavy atom. The standard InChI is InChI=1S/C15H16BrFN2/c1-11-4-3-5-13(18-11)10-19(2)9-12-6-7-15(17)14(16)8-12/h3-8H,9-10H2,1-2H3. The first kappa shape index (κ1) is 14.2. The summed E-state index contributed by atoms with van der Waals surface area (Å²) in [7, 11) is 2.03. The number of pyridine rings is 1. The van der Waals surface area contributed by atoms with E-state index in [2.05, 4.69) is 25.8 Å². The maximum Gasteiger partial charge on any atom is 0.137 e. The van der Waals surface area contributed by atoms with Crippen molar-refractivity contribution in [2.24, 2.45) is 0 Å². The summed E-state index contributed by atoms with van der Waals surface area (Å²) >= 11 is 3.21. The van der Waals surface area contributed by atoms with Gasteiger partial charge in [-0.3, -0.25) is 9.88 Å². The van der Waals surface area contributed by atoms with Crippen molar-refractivity contribution in [3.8, 4) is 0 Å². The highest BCUT2D eigenvalue weighted by Gasteiger charge is 2.05. The smallest absolute Gasteiger partial charge is 0.137 e. The van der Waals surface area contributed by atoms with E-state index in [-0.39, 0.29) is 5.82 Å². The molecule has 1 aromatic carbocycles. The van der Waals surface area contributed by atoms with E-state index in [0.29, 0.717) is 4.47 Å². The molecule has 0 saturated carbocycles. The van der Waals surface area contributed by atoms with Crippen molar-refractivity contribution in [1.29, 1.82) is 0 Å². The molecular formula is C15H16BrFN2. The minimum absolute atomic E-state index is 0.230. The van der Waals surface area contributed by atoms with Crippen LogP contribution in [0.5, 0.6) is 0 Å². The van der Waals surface area contributed by atoms with Crippen LogP contribution in [0.4, 0.5) is 4.39 Å². The van der Waals surface area contributed by atoms with Gasteiger partial charge in [0.15, 0.2) is 0 Å². The predicted molar refractivity (Wildman–Crippen MR) is 78.2 cm³/mol. The Morgan fingerprint density at radius 2 is 2.00 bits per heavy atom. The summed E-state index contributed by atoms with van der Waals surface area (Å²) in [5.74, 6) is -0.230. The summed E-state index contributed by atoms with van der Waals surface area (Å²) in [5, 5.41) is 0. The van der Waals surface area contributed by atoms with Crippen molar-refractivity contribution in [2.75, 3.05) is 7.05 Å². The quantitative estimate of drug-likeness (QED) is 0.848. The Bertz CT molecular complexity index is 572. The van der Waals surface area contributed by atoms with Crippen LogP contribution in [0.3, 0.4) is 0 Å². The van der Waals surface area contributed by atoms with E-state index in [1.54, 1.807) is 6.07 Å². The summed E-state index contributed by atoms with van der Waals surface area (Å²) < 4.78 is 13.7. The molecule has 0 amide bonds. The molecule has 1 heterocycles. The molecule has 0 aliphatic rings. The normalized spacial score (nSPS) is 11.0. The molecule has 100 valence electrons. The molecule has 0 atom stereocenters. The number of benzene rings is 1. The van der Waals surface area contributed by atoms with Gasteiger partial charge in [-0.05, 0) is 59.7 Å². The Morgan fingerprint density at radius 1 is 1.21 bits per heavy atom. The second-order valence-corrected chi connectivity index (χ2v) is 5.55. The monoisotopic (exact) mass is 322 g/mol. The lowest BCUT2D eigenvalue weighted by Crippen LogP contribution is -2.18. The first-order valence-electron chi connectivity index (χ1n) is 6.09. The van der Waals surface area contributed by atoms with Gasteiger partial charge in [-0.25, -0.2) is 4.39 Å². The molecule has 2 aromatic rings. The zero-order valence-corrected chi connectivity index (χ0v) is 12.6. The van der Waals surface area contributed by atoms with Crippen molar-refractivity contribution in [3.63, 3.8) is 0 Å². The highest BCUT2D eigenvalue weighted by atomic mass is 79.9. The Kier molecular flexibility index (Phi) is 4.66. The lowest BCUT2D eigenvalue weighted by molar-refractivity contribution is 0.314. The summed E-state index contributed by atoms with van der Waals surface area (Å²) in [5.41, 5.74) is 3.14. The number of rotatable bonds is 4. The molecule has 1 aromatic heterocycles. The third-order valence-corrected chi connectivity index (χ3v) is 3.42. The van der Waals surface area contributed by atoms with Crippen molar-refractivity contribution >= 4 is 15.9 Å². The van der Waals surface area contributed by atoms with E-state index in [4.69, 9.17) is 0 Å². The fourth-order valence-corrected chi connectivity index (χ4v) is 2.40. The maximum atomic E-state index is 13.2. The first-order chi connectivity index (χ1) is 9.04. The first-order valence-corrected chi connectivity index (χ1v) is 6.89. The van der Waals surface area contributed by atoms with Crippen LogP contribution >= 0.6 is 15.9 Å². The highest BCUT2D eigenvalue weighted by Crippen LogP contribution is 2.18. The minimum atomic E-state index is -0.230. The Balaban J connectivity index is 2.01. The van der Waals surface area contributed by atoms with Gasteiger partial charge in [0, 0.05) is 18.8 Å². The Hall–Kier alpha value is -1.26. The molecule has 2 nitrogen and oxygen atoms in total. The third-order valence-electron chi connectivity index (χ3n) is 2.81. The molecule has 0 spiro atoms. The Labute approximate surface area is 121 Å². The van der Waals surface area contributed by atoms with E-state index in [9.17, 15) is 4.39 Å². The summed E-state index contributed by atoms with van der Waals surface area (Å²) in [4.78, 5) is 6.63. The topological polar surface area (TPSA) is 16.1 Å². The van der Waals surface area contributed by atoms with E-state index >= 15 is 0 Å². The van der Waals surface area contributed by atoms with Crippen LogP contribution < -0.4 is 0 Å². The second-order valence-electron chi connectivity index (χ2n) is 4.69. The minimum Gasteiger partial charge on any atom is -0.296 e. The number of hydrogen-bond donors (Lipinski definition) is 0. The lowest BCUT2D eigenvalue weighted by atomic mass is 10.2. The van der Waals surface area contributed by atoms with Gasteiger partial charge in [-0.1, -0.05) is 12.1 Å². The van der Waals surface area contributed by atoms with Crippen LogP contribution in [0.2, 0.25) is 0 Å². The fraction of sp³-hybridized carbons (Fsp3) is 0.267. The molecule has 2 rings (SSSR count). The molecule has 0 bridgehead atoms. The van der Waals surface area contributed by atoms with Crippen molar-refractivity contribution in [1.82, 2.24) is 9.88 Å². The molecule has 19 heavy (non-hydrogen) atoms. The van der Waals surface area contributed by atoms with Crippen molar-refractivity contribution < 1.29 is 4.39 Å². The largest absolute Gasteiger partial charge is 0.296 e. The molecule has 0 saturated heterocycles. The lowest BCUT2D eigenvalue weighted by Gasteiger charge is -2.16. The average Bonchev–Trinajstić information content (AvgIpc) is 2.34. The molecule has 0 N–H and O–H groups in total. The van der Waals surface area contributed by atoms with Gasteiger partial charge >= 0.3 is 0 Å². The van der Waals surface area contributed by atoms with Gasteiger partial charge in [0.1, 0.15) is 5.82 Å². The molecule has 0 unspecified atom stereocenters. The zero-order valence-electron chi connectivity index (χ0n) is 11.0. The van der Waals surface area contributed by atoms with Crippen LogP contribution in [0, 0.1) is 12.7 Å². The summed E-state index contributed by atoms with van der Waals surface area (Å²) in [6.07, 6.45) is 0. The van der Waals surface area contributed by atoms with Gasteiger partial charge < -0.3 is 0 Å². The van der Waals surface area contributed by atoms with E-state index in [1.807, 2.05) is 38.2 Å². The number of aromatic nitrogens is 1. The van der Waals surface area contributed by atoms with Crippen LogP contribution in [-0.2, 0) is 13.1 Å². The number of aryl methyl sites for hydroxylation is 1. The SMILES string of the molecule is Cc1cccc(CN(C)Cc2ccc(F)c(Br)c2)n1. The molecule has 0 radical (unpaired) electrons. The third kappa shape index (κ3) is 4.11. The number of nitrogens with zero attached hydrogens (tertiary/aromatic N) is 2. The summed E-state index contributed by atoms with van der Waals surface area (Å²) in [6, 6.07) is 11.1. The molecular weight excluding hydrogens is 307 g/mol. The van der Waals surface area contributed by atoms with Crippen molar-refractivity contribution in [2.45, 2.75) is 20.0 Å². The van der Waals surface area contributed by atoms with Crippen LogP contribution in [0.1, 0.15) is 17.0 Å². The van der Waals surface area contributed by atoms with Crippen LogP contribution in [0.15, 0.2) is 40.9 Å². The predicted octanol–water partition coefficient (Wildman–Crippen LogP) is 3.92. The average molecular weight is 323 g/mol. The van der Waals surface area contributed by atoms with Crippen LogP contribution in [0.25, 0.3) is 0 Å². The van der Waals surface area contributed by atoms with E-state index in [1.165, 1.54) is 6.07 Å². The van der Waals surface area contributed by atoms with Gasteiger partial charge in [-0.15, -0.1) is 0 Å². The molecule has 0 aliphatic heterocycles. The van der Waals surface area contributed by atoms with Crippen molar-refractivity contribution in [3.05, 3.63) is 63.6 Å². The van der Waals surface area contributed by atoms with Gasteiger partial charge in [-0.2, -0.15) is 0 Å². The highest BCUT2D eigenvalue weighted by molar-refractivity contribution is 9.10. The zero-order chi connectivity index (χ0) is 13.8. The van der Waals surface area contributed by atoms with Gasteiger partial charge in [0.25, 0.3) is 0 Å². The summed E-state index contributed by atoms with van der Waals surface area (Å²) in [6.45, 7) is 3.52. The fourth-order valence-electron chi connectivity index (χ4n) is 1.97. The number of halogens is 2. The maximum absolute atomic E-state index is 13.2. The van der Waals surface area contributed by atoms with E-state index < -0.39 is 0 Å². The van der Waals surface area contributed by atoms with E-state index in [0.717, 1.165) is 30.0 Å². The second kappa shape index (κ2) is 6.26. The van der Waals surface area contributed by atoms with Gasteiger partial charge in [0.05, 0.1) is 10.2 Å². The van der Waals surface area contributed by atoms with Crippen LogP contribution in [-0.4, -0.2) is 16.9 Å².